The molecule has 0 spiro atoms. The van der Waals surface area contributed by atoms with Gasteiger partial charge in [-0.25, -0.2) is 0 Å². The molecule has 1 atom stereocenters. The fraction of sp³-hybridized carbons (Fsp3) is 0.793. The van der Waals surface area contributed by atoms with Gasteiger partial charge in [0, 0.05) is 25.2 Å². The number of rotatable bonds is 20. The summed E-state index contributed by atoms with van der Waals surface area (Å²) in [7, 11) is 3.65. The van der Waals surface area contributed by atoms with Crippen molar-refractivity contribution in [2.24, 2.45) is 5.41 Å². The molecule has 2 heteroatoms. The molecule has 0 aromatic heterocycles. The van der Waals surface area contributed by atoms with Gasteiger partial charge in [0.2, 0.25) is 0 Å². The average molecular weight is 433 g/mol. The van der Waals surface area contributed by atoms with Gasteiger partial charge >= 0.3 is 0 Å². The third-order valence-electron chi connectivity index (χ3n) is 7.19. The molecular formula is C29H52O2. The van der Waals surface area contributed by atoms with Gasteiger partial charge in [-0.2, -0.15) is 0 Å². The minimum absolute atomic E-state index is 0.0369. The molecule has 0 aliphatic carbocycles. The van der Waals surface area contributed by atoms with Crippen molar-refractivity contribution in [2.75, 3.05) is 14.2 Å². The van der Waals surface area contributed by atoms with E-state index in [2.05, 4.69) is 51.1 Å². The predicted octanol–water partition coefficient (Wildman–Crippen LogP) is 9.42. The molecule has 0 radical (unpaired) electrons. The maximum absolute atomic E-state index is 6.23. The van der Waals surface area contributed by atoms with E-state index in [0.29, 0.717) is 0 Å². The van der Waals surface area contributed by atoms with Gasteiger partial charge in [-0.1, -0.05) is 141 Å². The van der Waals surface area contributed by atoms with Crippen molar-refractivity contribution in [3.63, 3.8) is 0 Å². The zero-order valence-corrected chi connectivity index (χ0v) is 21.5. The number of unbranched alkanes of at least 4 members (excludes halogenated alkanes) is 12. The van der Waals surface area contributed by atoms with Crippen LogP contribution in [0, 0.1) is 5.41 Å². The molecule has 31 heavy (non-hydrogen) atoms. The summed E-state index contributed by atoms with van der Waals surface area (Å²) in [6.45, 7) is 6.97. The first-order valence-electron chi connectivity index (χ1n) is 13.3. The lowest BCUT2D eigenvalue weighted by Crippen LogP contribution is -2.47. The lowest BCUT2D eigenvalue weighted by molar-refractivity contribution is -0.288. The molecule has 1 rings (SSSR count). The Morgan fingerprint density at radius 1 is 0.581 bits per heavy atom. The Morgan fingerprint density at radius 2 is 0.968 bits per heavy atom. The van der Waals surface area contributed by atoms with E-state index in [9.17, 15) is 0 Å². The van der Waals surface area contributed by atoms with Crippen LogP contribution in [0.3, 0.4) is 0 Å². The van der Waals surface area contributed by atoms with Gasteiger partial charge in [-0.15, -0.1) is 0 Å². The fourth-order valence-corrected chi connectivity index (χ4v) is 5.22. The first-order chi connectivity index (χ1) is 15.1. The Hall–Kier alpha value is -0.860. The predicted molar refractivity (Wildman–Crippen MR) is 135 cm³/mol. The smallest absolute Gasteiger partial charge is 0.199 e. The molecule has 2 nitrogen and oxygen atoms in total. The van der Waals surface area contributed by atoms with Gasteiger partial charge in [-0.05, 0) is 12.8 Å². The summed E-state index contributed by atoms with van der Waals surface area (Å²) in [5, 5.41) is 0. The van der Waals surface area contributed by atoms with Crippen molar-refractivity contribution in [2.45, 2.75) is 129 Å². The van der Waals surface area contributed by atoms with Gasteiger partial charge in [0.05, 0.1) is 0 Å². The maximum atomic E-state index is 6.23. The van der Waals surface area contributed by atoms with E-state index in [1.807, 2.05) is 14.2 Å². The van der Waals surface area contributed by atoms with Crippen LogP contribution in [0.4, 0.5) is 0 Å². The highest BCUT2D eigenvalue weighted by atomic mass is 16.7. The highest BCUT2D eigenvalue weighted by Gasteiger charge is 2.49. The van der Waals surface area contributed by atoms with Gasteiger partial charge in [0.25, 0.3) is 0 Å². The Labute approximate surface area is 194 Å². The van der Waals surface area contributed by atoms with Crippen LogP contribution in [0.1, 0.15) is 129 Å². The second-order valence-electron chi connectivity index (χ2n) is 9.69. The largest absolute Gasteiger partial charge is 0.349 e. The number of benzene rings is 1. The summed E-state index contributed by atoms with van der Waals surface area (Å²) in [5.74, 6) is -0.682. The molecule has 0 bridgehead atoms. The molecule has 0 amide bonds. The SMILES string of the molecule is CCCCCCCCCCC(C)(CCCCCCCC)C(OC)(OC)c1ccccc1. The van der Waals surface area contributed by atoms with Gasteiger partial charge in [0.15, 0.2) is 5.79 Å². The molecule has 1 aromatic carbocycles. The van der Waals surface area contributed by atoms with Crippen molar-refractivity contribution in [1.29, 1.82) is 0 Å². The topological polar surface area (TPSA) is 18.5 Å². The minimum atomic E-state index is -0.682. The summed E-state index contributed by atoms with van der Waals surface area (Å²) < 4.78 is 12.5. The van der Waals surface area contributed by atoms with Crippen LogP contribution in [-0.2, 0) is 15.3 Å². The lowest BCUT2D eigenvalue weighted by Gasteiger charge is -2.47. The minimum Gasteiger partial charge on any atom is -0.349 e. The van der Waals surface area contributed by atoms with Crippen molar-refractivity contribution in [3.05, 3.63) is 35.9 Å². The van der Waals surface area contributed by atoms with E-state index in [1.54, 1.807) is 0 Å². The second kappa shape index (κ2) is 16.7. The highest BCUT2D eigenvalue weighted by molar-refractivity contribution is 5.23. The monoisotopic (exact) mass is 432 g/mol. The van der Waals surface area contributed by atoms with E-state index in [4.69, 9.17) is 9.47 Å². The summed E-state index contributed by atoms with van der Waals surface area (Å²) in [6.07, 6.45) is 21.0. The molecule has 1 unspecified atom stereocenters. The molecule has 180 valence electrons. The summed E-state index contributed by atoms with van der Waals surface area (Å²) in [5.41, 5.74) is 1.11. The van der Waals surface area contributed by atoms with Gasteiger partial charge in [-0.3, -0.25) is 0 Å². The van der Waals surface area contributed by atoms with Gasteiger partial charge in [0.1, 0.15) is 0 Å². The van der Waals surface area contributed by atoms with Crippen LogP contribution < -0.4 is 0 Å². The third kappa shape index (κ3) is 9.26. The van der Waals surface area contributed by atoms with Crippen LogP contribution in [-0.4, -0.2) is 14.2 Å². The van der Waals surface area contributed by atoms with E-state index < -0.39 is 5.79 Å². The van der Waals surface area contributed by atoms with Crippen molar-refractivity contribution < 1.29 is 9.47 Å². The number of methoxy groups -OCH3 is 2. The molecule has 0 aliphatic heterocycles. The molecular weight excluding hydrogens is 380 g/mol. The number of ether oxygens (including phenoxy) is 2. The zero-order chi connectivity index (χ0) is 22.8. The van der Waals surface area contributed by atoms with E-state index >= 15 is 0 Å². The summed E-state index contributed by atoms with van der Waals surface area (Å²) >= 11 is 0. The standard InChI is InChI=1S/C29H52O2/c1-6-8-10-12-14-15-17-22-26-28(3,25-21-16-13-11-9-7-2)29(30-4,31-5)27-23-19-18-20-24-27/h18-20,23-24H,6-17,21-22,25-26H2,1-5H3. The molecule has 0 saturated heterocycles. The van der Waals surface area contributed by atoms with Crippen LogP contribution in [0.2, 0.25) is 0 Å². The van der Waals surface area contributed by atoms with E-state index in [-0.39, 0.29) is 5.41 Å². The van der Waals surface area contributed by atoms with Crippen LogP contribution >= 0.6 is 0 Å². The molecule has 0 N–H and O–H groups in total. The summed E-state index contributed by atoms with van der Waals surface area (Å²) in [4.78, 5) is 0. The van der Waals surface area contributed by atoms with Crippen LogP contribution in [0.25, 0.3) is 0 Å². The summed E-state index contributed by atoms with van der Waals surface area (Å²) in [6, 6.07) is 10.6. The van der Waals surface area contributed by atoms with E-state index in [1.165, 1.54) is 89.9 Å². The first kappa shape index (κ1) is 28.2. The molecule has 0 aliphatic rings. The van der Waals surface area contributed by atoms with Gasteiger partial charge < -0.3 is 9.47 Å². The Balaban J connectivity index is 2.78. The average Bonchev–Trinajstić information content (AvgIpc) is 2.80. The van der Waals surface area contributed by atoms with E-state index in [0.717, 1.165) is 18.4 Å². The molecule has 1 aromatic rings. The Bertz CT molecular complexity index is 523. The quantitative estimate of drug-likeness (QED) is 0.151. The van der Waals surface area contributed by atoms with Crippen molar-refractivity contribution in [3.8, 4) is 0 Å². The number of hydrogen-bond donors (Lipinski definition) is 0. The lowest BCUT2D eigenvalue weighted by atomic mass is 9.70. The molecule has 0 heterocycles. The first-order valence-corrected chi connectivity index (χ1v) is 13.3. The van der Waals surface area contributed by atoms with Crippen LogP contribution in [0.15, 0.2) is 30.3 Å². The fourth-order valence-electron chi connectivity index (χ4n) is 5.22. The molecule has 0 fully saturated rings. The number of hydrogen-bond acceptors (Lipinski definition) is 2. The maximum Gasteiger partial charge on any atom is 0.199 e. The zero-order valence-electron chi connectivity index (χ0n) is 21.5. The normalized spacial score (nSPS) is 14.0. The Morgan fingerprint density at radius 3 is 1.35 bits per heavy atom. The van der Waals surface area contributed by atoms with Crippen molar-refractivity contribution in [1.82, 2.24) is 0 Å². The third-order valence-corrected chi connectivity index (χ3v) is 7.19. The highest BCUT2D eigenvalue weighted by Crippen LogP contribution is 2.50. The van der Waals surface area contributed by atoms with Crippen LogP contribution in [0.5, 0.6) is 0 Å². The molecule has 0 saturated carbocycles. The Kier molecular flexibility index (Phi) is 15.2. The van der Waals surface area contributed by atoms with Crippen molar-refractivity contribution >= 4 is 0 Å². The second-order valence-corrected chi connectivity index (χ2v) is 9.69.